The van der Waals surface area contributed by atoms with Crippen LogP contribution in [0.1, 0.15) is 96.8 Å². The molecular formula is C16H36NaO4PZn-. The van der Waals surface area contributed by atoms with E-state index in [0.717, 1.165) is 6.42 Å². The van der Waals surface area contributed by atoms with Gasteiger partial charge in [0.05, 0.1) is 0 Å². The summed E-state index contributed by atoms with van der Waals surface area (Å²) in [5.41, 5.74) is 0. The average Bonchev–Trinajstić information content (AvgIpc) is 2.38. The minimum absolute atomic E-state index is 0. The Morgan fingerprint density at radius 3 is 1.13 bits per heavy atom. The first-order chi connectivity index (χ1) is 9.91. The van der Waals surface area contributed by atoms with Crippen molar-refractivity contribution in [2.24, 2.45) is 0 Å². The third-order valence-electron chi connectivity index (χ3n) is 3.35. The zero-order valence-corrected chi connectivity index (χ0v) is 21.4. The van der Waals surface area contributed by atoms with Crippen LogP contribution in [0.25, 0.3) is 0 Å². The molecule has 0 heterocycles. The largest absolute Gasteiger partial charge is 0.466 e. The van der Waals surface area contributed by atoms with Crippen LogP contribution in [0.3, 0.4) is 0 Å². The Morgan fingerprint density at radius 2 is 0.913 bits per heavy atom. The molecule has 0 aromatic rings. The molecular weight excluding hydrogens is 376 g/mol. The van der Waals surface area contributed by atoms with Crippen molar-refractivity contribution < 1.29 is 38.7 Å². The van der Waals surface area contributed by atoms with Crippen LogP contribution >= 0.6 is 7.82 Å². The molecule has 0 aliphatic carbocycles. The van der Waals surface area contributed by atoms with Crippen LogP contribution in [0.4, 0.5) is 0 Å². The van der Waals surface area contributed by atoms with Crippen molar-refractivity contribution >= 4 is 37.4 Å². The fraction of sp³-hybridized carbons (Fsp3) is 0.938. The molecule has 7 heteroatoms. The van der Waals surface area contributed by atoms with E-state index < -0.39 is 7.82 Å². The Morgan fingerprint density at radius 1 is 0.696 bits per heavy atom. The maximum atomic E-state index is 8.88. The molecule has 0 amide bonds. The Kier molecular flexibility index (Phi) is 36.6. The van der Waals surface area contributed by atoms with Gasteiger partial charge in [-0.3, -0.25) is 0 Å². The summed E-state index contributed by atoms with van der Waals surface area (Å²) in [6.45, 7) is 6.16. The van der Waals surface area contributed by atoms with Crippen molar-refractivity contribution in [3.63, 3.8) is 0 Å². The zero-order valence-electron chi connectivity index (χ0n) is 15.5. The third kappa shape index (κ3) is 51.6. The molecule has 0 aliphatic rings. The van der Waals surface area contributed by atoms with Gasteiger partial charge in [0.2, 0.25) is 0 Å². The van der Waals surface area contributed by atoms with Gasteiger partial charge in [0, 0.05) is 49.0 Å². The van der Waals surface area contributed by atoms with Gasteiger partial charge in [-0.05, 0) is 0 Å². The molecule has 1 radical (unpaired) electrons. The minimum Gasteiger partial charge on any atom is -0.343 e. The van der Waals surface area contributed by atoms with E-state index in [9.17, 15) is 0 Å². The minimum atomic E-state index is -4.64. The van der Waals surface area contributed by atoms with E-state index in [0.29, 0.717) is 0 Å². The van der Waals surface area contributed by atoms with Gasteiger partial charge in [0.25, 0.3) is 0 Å². The Bertz CT molecular complexity index is 218. The van der Waals surface area contributed by atoms with Crippen LogP contribution in [0, 0.1) is 6.92 Å². The SMILES string of the molecule is O=P(O)(O)O.[CH2-]CCCCCCCCCCCCCCC.[Na].[Zn]. The summed E-state index contributed by atoms with van der Waals surface area (Å²) < 4.78 is 8.88. The first-order valence-corrected chi connectivity index (χ1v) is 10.1. The Hall–Kier alpha value is 1.73. The summed E-state index contributed by atoms with van der Waals surface area (Å²) in [5, 5.41) is 0. The van der Waals surface area contributed by atoms with E-state index in [1.165, 1.54) is 83.5 Å². The van der Waals surface area contributed by atoms with Gasteiger partial charge in [-0.15, -0.1) is 0 Å². The molecule has 0 unspecified atom stereocenters. The van der Waals surface area contributed by atoms with Gasteiger partial charge < -0.3 is 21.6 Å². The normalized spacial score (nSPS) is 10.1. The summed E-state index contributed by atoms with van der Waals surface area (Å²) in [5.74, 6) is 0. The Labute approximate surface area is 178 Å². The first kappa shape index (κ1) is 32.4. The maximum absolute atomic E-state index is 8.88. The smallest absolute Gasteiger partial charge is 0.343 e. The van der Waals surface area contributed by atoms with Gasteiger partial charge in [-0.2, -0.15) is 6.42 Å². The molecule has 0 aromatic carbocycles. The summed E-state index contributed by atoms with van der Waals surface area (Å²) in [6, 6.07) is 0. The van der Waals surface area contributed by atoms with Crippen LogP contribution in [-0.4, -0.2) is 44.2 Å². The zero-order chi connectivity index (χ0) is 16.4. The third-order valence-corrected chi connectivity index (χ3v) is 3.35. The quantitative estimate of drug-likeness (QED) is 0.173. The van der Waals surface area contributed by atoms with Gasteiger partial charge in [0.15, 0.2) is 0 Å². The molecule has 4 nitrogen and oxygen atoms in total. The second kappa shape index (κ2) is 26.0. The molecule has 0 saturated heterocycles. The van der Waals surface area contributed by atoms with Crippen molar-refractivity contribution in [1.29, 1.82) is 0 Å². The number of unbranched alkanes of at least 4 members (excludes halogenated alkanes) is 13. The van der Waals surface area contributed by atoms with E-state index in [1.54, 1.807) is 0 Å². The monoisotopic (exact) mass is 410 g/mol. The molecule has 0 rings (SSSR count). The summed E-state index contributed by atoms with van der Waals surface area (Å²) >= 11 is 0. The van der Waals surface area contributed by atoms with E-state index >= 15 is 0 Å². The van der Waals surface area contributed by atoms with Crippen molar-refractivity contribution in [3.8, 4) is 0 Å². The van der Waals surface area contributed by atoms with Crippen LogP contribution in [0.15, 0.2) is 0 Å². The van der Waals surface area contributed by atoms with Crippen LogP contribution in [-0.2, 0) is 24.0 Å². The molecule has 133 valence electrons. The number of rotatable bonds is 13. The summed E-state index contributed by atoms with van der Waals surface area (Å²) in [7, 11) is -4.64. The molecule has 3 N–H and O–H groups in total. The second-order valence-corrected chi connectivity index (χ2v) is 6.64. The Balaban J connectivity index is -0.000000225. The van der Waals surface area contributed by atoms with Gasteiger partial charge in [0.1, 0.15) is 0 Å². The van der Waals surface area contributed by atoms with Crippen LogP contribution in [0.5, 0.6) is 0 Å². The molecule has 0 aliphatic heterocycles. The maximum Gasteiger partial charge on any atom is 0.466 e. The fourth-order valence-corrected chi connectivity index (χ4v) is 2.19. The molecule has 0 fully saturated rings. The second-order valence-electron chi connectivity index (χ2n) is 5.61. The number of phosphoric acid groups is 1. The van der Waals surface area contributed by atoms with E-state index in [4.69, 9.17) is 19.2 Å². The number of hydrogen-bond donors (Lipinski definition) is 3. The standard InChI is InChI=1S/C16H33.Na.H3O4P.Zn/c1-3-5-7-9-11-13-15-16-14-12-10-8-6-4-2;;1-5(2,3)4;/h1,3-16H2,2H3;;(H3,1,2,3,4);/q-1;;;. The molecule has 0 aromatic heterocycles. The summed E-state index contributed by atoms with van der Waals surface area (Å²) in [6.07, 6.45) is 19.8. The molecule has 0 saturated carbocycles. The van der Waals surface area contributed by atoms with E-state index in [1.807, 2.05) is 0 Å². The van der Waals surface area contributed by atoms with E-state index in [2.05, 4.69) is 13.8 Å². The molecule has 0 atom stereocenters. The van der Waals surface area contributed by atoms with Crippen LogP contribution in [0.2, 0.25) is 0 Å². The first-order valence-electron chi connectivity index (χ1n) is 8.49. The van der Waals surface area contributed by atoms with Crippen molar-refractivity contribution in [1.82, 2.24) is 0 Å². The average molecular weight is 412 g/mol. The number of hydrogen-bond acceptors (Lipinski definition) is 1. The van der Waals surface area contributed by atoms with E-state index in [-0.39, 0.29) is 49.0 Å². The molecule has 0 bridgehead atoms. The van der Waals surface area contributed by atoms with Gasteiger partial charge in [-0.1, -0.05) is 90.4 Å². The fourth-order valence-electron chi connectivity index (χ4n) is 2.19. The topological polar surface area (TPSA) is 77.8 Å². The molecule has 23 heavy (non-hydrogen) atoms. The van der Waals surface area contributed by atoms with Crippen molar-refractivity contribution in [3.05, 3.63) is 6.92 Å². The summed E-state index contributed by atoms with van der Waals surface area (Å²) in [4.78, 5) is 21.6. The van der Waals surface area contributed by atoms with Crippen molar-refractivity contribution in [2.75, 3.05) is 0 Å². The predicted octanol–water partition coefficient (Wildman–Crippen LogP) is 4.99. The predicted molar refractivity (Wildman–Crippen MR) is 95.7 cm³/mol. The van der Waals surface area contributed by atoms with Gasteiger partial charge >= 0.3 is 7.82 Å². The van der Waals surface area contributed by atoms with Crippen LogP contribution < -0.4 is 0 Å². The molecule has 0 spiro atoms. The van der Waals surface area contributed by atoms with Crippen molar-refractivity contribution in [2.45, 2.75) is 96.8 Å². The van der Waals surface area contributed by atoms with Gasteiger partial charge in [-0.25, -0.2) is 4.57 Å².